The van der Waals surface area contributed by atoms with Crippen molar-refractivity contribution in [3.8, 4) is 0 Å². The van der Waals surface area contributed by atoms with E-state index >= 15 is 0 Å². The zero-order chi connectivity index (χ0) is 15.0. The molecule has 0 spiro atoms. The van der Waals surface area contributed by atoms with Crippen molar-refractivity contribution >= 4 is 18.0 Å². The number of esters is 1. The first-order valence-electron chi connectivity index (χ1n) is 5.82. The molecule has 108 valence electrons. The molecule has 0 aliphatic heterocycles. The van der Waals surface area contributed by atoms with Crippen molar-refractivity contribution in [2.45, 2.75) is 6.04 Å². The van der Waals surface area contributed by atoms with Crippen LogP contribution in [-0.2, 0) is 19.1 Å². The summed E-state index contributed by atoms with van der Waals surface area (Å²) in [6.45, 7) is -0.232. The van der Waals surface area contributed by atoms with Crippen LogP contribution in [0.3, 0.4) is 0 Å². The predicted octanol–water partition coefficient (Wildman–Crippen LogP) is 0.373. The lowest BCUT2D eigenvalue weighted by Gasteiger charge is -2.16. The maximum atomic E-state index is 11.7. The van der Waals surface area contributed by atoms with Gasteiger partial charge in [0.15, 0.2) is 0 Å². The topological polar surface area (TPSA) is 93.7 Å². The average molecular weight is 280 g/mol. The number of benzene rings is 1. The van der Waals surface area contributed by atoms with E-state index in [4.69, 9.17) is 0 Å². The molecular weight excluding hydrogens is 264 g/mol. The molecule has 1 atom stereocenters. The Hall–Kier alpha value is -2.41. The highest BCUT2D eigenvalue weighted by Gasteiger charge is 2.21. The molecule has 0 aliphatic carbocycles. The molecule has 0 bridgehead atoms. The highest BCUT2D eigenvalue weighted by Crippen LogP contribution is 2.13. The van der Waals surface area contributed by atoms with Gasteiger partial charge in [-0.3, -0.25) is 15.4 Å². The standard InChI is InChI=1S/C13H16N2O5/c1-19-12(17)11(9-6-4-3-5-7-9)14-8-10(16)15-13(18)20-2/h3-7,11,14H,8H2,1-2H3,(H,15,16,18). The molecule has 2 N–H and O–H groups in total. The number of imide groups is 1. The van der Waals surface area contributed by atoms with Crippen LogP contribution in [0, 0.1) is 0 Å². The van der Waals surface area contributed by atoms with Crippen LogP contribution in [-0.4, -0.2) is 38.7 Å². The minimum absolute atomic E-state index is 0.232. The third-order valence-electron chi connectivity index (χ3n) is 2.46. The third kappa shape index (κ3) is 4.69. The number of rotatable bonds is 5. The molecule has 0 aliphatic rings. The number of alkyl carbamates (subject to hydrolysis) is 1. The third-order valence-corrected chi connectivity index (χ3v) is 2.46. The van der Waals surface area contributed by atoms with E-state index in [1.807, 2.05) is 11.4 Å². The molecule has 0 saturated carbocycles. The van der Waals surface area contributed by atoms with Gasteiger partial charge >= 0.3 is 12.1 Å². The van der Waals surface area contributed by atoms with Crippen molar-refractivity contribution < 1.29 is 23.9 Å². The second kappa shape index (κ2) is 7.90. The Kier molecular flexibility index (Phi) is 6.18. The smallest absolute Gasteiger partial charge is 0.413 e. The van der Waals surface area contributed by atoms with Crippen molar-refractivity contribution in [1.82, 2.24) is 10.6 Å². The van der Waals surface area contributed by atoms with Crippen LogP contribution in [0.5, 0.6) is 0 Å². The van der Waals surface area contributed by atoms with Gasteiger partial charge in [-0.1, -0.05) is 30.3 Å². The second-order valence-corrected chi connectivity index (χ2v) is 3.79. The van der Waals surface area contributed by atoms with Crippen LogP contribution in [0.1, 0.15) is 11.6 Å². The van der Waals surface area contributed by atoms with E-state index in [0.717, 1.165) is 7.11 Å². The van der Waals surface area contributed by atoms with E-state index in [0.29, 0.717) is 5.56 Å². The average Bonchev–Trinajstić information content (AvgIpc) is 2.48. The fraction of sp³-hybridized carbons (Fsp3) is 0.308. The number of carbonyl (C=O) groups is 3. The molecule has 1 rings (SSSR count). The molecule has 1 aromatic rings. The summed E-state index contributed by atoms with van der Waals surface area (Å²) in [4.78, 5) is 34.0. The first-order valence-corrected chi connectivity index (χ1v) is 5.82. The summed E-state index contributed by atoms with van der Waals surface area (Å²) in [7, 11) is 2.41. The summed E-state index contributed by atoms with van der Waals surface area (Å²) in [5.41, 5.74) is 0.658. The number of hydrogen-bond donors (Lipinski definition) is 2. The molecule has 2 amide bonds. The van der Waals surface area contributed by atoms with Gasteiger partial charge in [0.1, 0.15) is 6.04 Å². The van der Waals surface area contributed by atoms with Crippen LogP contribution in [0.4, 0.5) is 4.79 Å². The van der Waals surface area contributed by atoms with Gasteiger partial charge in [-0.15, -0.1) is 0 Å². The SMILES string of the molecule is COC(=O)NC(=O)CNC(C(=O)OC)c1ccccc1. The number of hydrogen-bond acceptors (Lipinski definition) is 6. The van der Waals surface area contributed by atoms with Crippen molar-refractivity contribution in [2.75, 3.05) is 20.8 Å². The fourth-order valence-electron chi connectivity index (χ4n) is 1.50. The largest absolute Gasteiger partial charge is 0.468 e. The first kappa shape index (κ1) is 15.6. The maximum absolute atomic E-state index is 11.7. The van der Waals surface area contributed by atoms with E-state index in [9.17, 15) is 14.4 Å². The molecule has 0 aromatic heterocycles. The van der Waals surface area contributed by atoms with Gasteiger partial charge in [0.2, 0.25) is 5.91 Å². The Morgan fingerprint density at radius 3 is 2.30 bits per heavy atom. The van der Waals surface area contributed by atoms with Crippen molar-refractivity contribution in [3.63, 3.8) is 0 Å². The molecule has 20 heavy (non-hydrogen) atoms. The Morgan fingerprint density at radius 2 is 1.75 bits per heavy atom. The van der Waals surface area contributed by atoms with E-state index in [-0.39, 0.29) is 6.54 Å². The predicted molar refractivity (Wildman–Crippen MR) is 69.7 cm³/mol. The van der Waals surface area contributed by atoms with Gasteiger partial charge in [0, 0.05) is 0 Å². The van der Waals surface area contributed by atoms with E-state index < -0.39 is 24.0 Å². The minimum Gasteiger partial charge on any atom is -0.468 e. The van der Waals surface area contributed by atoms with Crippen LogP contribution in [0.2, 0.25) is 0 Å². The van der Waals surface area contributed by atoms with Crippen molar-refractivity contribution in [3.05, 3.63) is 35.9 Å². The zero-order valence-electron chi connectivity index (χ0n) is 11.2. The van der Waals surface area contributed by atoms with Crippen molar-refractivity contribution in [2.24, 2.45) is 0 Å². The Labute approximate surface area is 116 Å². The van der Waals surface area contributed by atoms with Gasteiger partial charge in [0.25, 0.3) is 0 Å². The summed E-state index contributed by atoms with van der Waals surface area (Å²) in [6, 6.07) is 8.01. The van der Waals surface area contributed by atoms with Crippen LogP contribution in [0.25, 0.3) is 0 Å². The molecule has 0 saturated heterocycles. The molecule has 0 heterocycles. The van der Waals surface area contributed by atoms with Gasteiger partial charge in [-0.05, 0) is 5.56 Å². The summed E-state index contributed by atoms with van der Waals surface area (Å²) < 4.78 is 8.97. The highest BCUT2D eigenvalue weighted by molar-refractivity contribution is 5.93. The minimum atomic E-state index is -0.855. The first-order chi connectivity index (χ1) is 9.58. The van der Waals surface area contributed by atoms with Gasteiger partial charge in [-0.2, -0.15) is 0 Å². The van der Waals surface area contributed by atoms with Crippen LogP contribution < -0.4 is 10.6 Å². The van der Waals surface area contributed by atoms with Crippen LogP contribution >= 0.6 is 0 Å². The Bertz CT molecular complexity index is 475. The summed E-state index contributed by atoms with van der Waals surface area (Å²) in [5.74, 6) is -1.14. The molecule has 1 unspecified atom stereocenters. The maximum Gasteiger partial charge on any atom is 0.413 e. The van der Waals surface area contributed by atoms with Crippen LogP contribution in [0.15, 0.2) is 30.3 Å². The summed E-state index contributed by atoms with van der Waals surface area (Å²) in [6.07, 6.45) is -0.855. The van der Waals surface area contributed by atoms with Gasteiger partial charge in [0.05, 0.1) is 20.8 Å². The fourth-order valence-corrected chi connectivity index (χ4v) is 1.50. The molecule has 0 fully saturated rings. The lowest BCUT2D eigenvalue weighted by atomic mass is 10.1. The van der Waals surface area contributed by atoms with E-state index in [1.165, 1.54) is 7.11 Å². The van der Waals surface area contributed by atoms with Gasteiger partial charge < -0.3 is 9.47 Å². The van der Waals surface area contributed by atoms with Gasteiger partial charge in [-0.25, -0.2) is 9.59 Å². The van der Waals surface area contributed by atoms with E-state index in [2.05, 4.69) is 14.8 Å². The molecular formula is C13H16N2O5. The normalized spacial score (nSPS) is 11.3. The number of amides is 2. The number of methoxy groups -OCH3 is 2. The van der Waals surface area contributed by atoms with Crippen molar-refractivity contribution in [1.29, 1.82) is 0 Å². The summed E-state index contributed by atoms with van der Waals surface area (Å²) >= 11 is 0. The molecule has 1 aromatic carbocycles. The zero-order valence-corrected chi connectivity index (χ0v) is 11.2. The quantitative estimate of drug-likeness (QED) is 0.757. The monoisotopic (exact) mass is 280 g/mol. The lowest BCUT2D eigenvalue weighted by molar-refractivity contribution is -0.143. The molecule has 7 nitrogen and oxygen atoms in total. The molecule has 0 radical (unpaired) electrons. The number of nitrogens with one attached hydrogen (secondary N) is 2. The lowest BCUT2D eigenvalue weighted by Crippen LogP contribution is -2.40. The van der Waals surface area contributed by atoms with E-state index in [1.54, 1.807) is 24.3 Å². The Morgan fingerprint density at radius 1 is 1.10 bits per heavy atom. The number of ether oxygens (including phenoxy) is 2. The number of carbonyl (C=O) groups excluding carboxylic acids is 3. The second-order valence-electron chi connectivity index (χ2n) is 3.79. The summed E-state index contributed by atoms with van der Waals surface area (Å²) in [5, 5.41) is 4.70. The Balaban J connectivity index is 2.65. The highest BCUT2D eigenvalue weighted by atomic mass is 16.5. The molecule has 7 heteroatoms.